The van der Waals surface area contributed by atoms with Crippen LogP contribution in [0.4, 0.5) is 0 Å². The van der Waals surface area contributed by atoms with Crippen LogP contribution < -0.4 is 0 Å². The fraction of sp³-hybridized carbons (Fsp3) is 0.833. The molecule has 0 spiro atoms. The van der Waals surface area contributed by atoms with Crippen molar-refractivity contribution in [2.45, 2.75) is 57.3 Å². The molecule has 3 aliphatic rings. The average Bonchev–Trinajstić information content (AvgIpc) is 3.07. The number of aliphatic hydroxyl groups is 1. The van der Waals surface area contributed by atoms with E-state index in [4.69, 9.17) is 0 Å². The Balaban J connectivity index is 1.40. The fourth-order valence-electron chi connectivity index (χ4n) is 4.50. The predicted octanol–water partition coefficient (Wildman–Crippen LogP) is 0.234. The van der Waals surface area contributed by atoms with E-state index in [1.54, 1.807) is 0 Å². The van der Waals surface area contributed by atoms with Crippen LogP contribution in [0.5, 0.6) is 0 Å². The zero-order valence-electron chi connectivity index (χ0n) is 15.7. The number of carbonyl (C=O) groups is 1. The Bertz CT molecular complexity index is 640. The Morgan fingerprint density at radius 3 is 2.58 bits per heavy atom. The molecule has 3 aliphatic heterocycles. The molecule has 0 radical (unpaired) electrons. The van der Waals surface area contributed by atoms with Crippen LogP contribution in [0.25, 0.3) is 0 Å². The highest BCUT2D eigenvalue weighted by Gasteiger charge is 2.35. The van der Waals surface area contributed by atoms with Gasteiger partial charge in [-0.15, -0.1) is 10.2 Å². The summed E-state index contributed by atoms with van der Waals surface area (Å²) in [6.07, 6.45) is 5.37. The van der Waals surface area contributed by atoms with Gasteiger partial charge in [0.1, 0.15) is 0 Å². The number of amides is 1. The van der Waals surface area contributed by atoms with Gasteiger partial charge in [0.15, 0.2) is 11.6 Å². The van der Waals surface area contributed by atoms with E-state index in [1.165, 1.54) is 25.7 Å². The third kappa shape index (κ3) is 3.63. The van der Waals surface area contributed by atoms with E-state index in [2.05, 4.69) is 24.6 Å². The van der Waals surface area contributed by atoms with Gasteiger partial charge in [0, 0.05) is 19.6 Å². The molecule has 4 heterocycles. The number of hydrogen-bond donors (Lipinski definition) is 1. The Morgan fingerprint density at radius 2 is 1.88 bits per heavy atom. The van der Waals surface area contributed by atoms with E-state index in [0.29, 0.717) is 32.6 Å². The molecule has 1 amide bonds. The summed E-state index contributed by atoms with van der Waals surface area (Å²) in [5.41, 5.74) is 0. The molecule has 0 unspecified atom stereocenters. The predicted molar refractivity (Wildman–Crippen MR) is 96.3 cm³/mol. The van der Waals surface area contributed by atoms with Crippen molar-refractivity contribution in [1.82, 2.24) is 29.5 Å². The van der Waals surface area contributed by atoms with Gasteiger partial charge in [0.25, 0.3) is 0 Å². The van der Waals surface area contributed by atoms with Gasteiger partial charge in [-0.05, 0) is 39.4 Å². The summed E-state index contributed by atoms with van der Waals surface area (Å²) < 4.78 is 2.15. The zero-order chi connectivity index (χ0) is 18.1. The van der Waals surface area contributed by atoms with Crippen LogP contribution in [-0.2, 0) is 17.9 Å². The highest BCUT2D eigenvalue weighted by molar-refractivity contribution is 5.78. The Hall–Kier alpha value is -1.51. The minimum Gasteiger partial charge on any atom is -0.392 e. The van der Waals surface area contributed by atoms with Gasteiger partial charge in [0.05, 0.1) is 25.2 Å². The van der Waals surface area contributed by atoms with Crippen LogP contribution in [0.1, 0.15) is 49.8 Å². The fourth-order valence-corrected chi connectivity index (χ4v) is 4.50. The van der Waals surface area contributed by atoms with E-state index in [1.807, 2.05) is 11.9 Å². The largest absolute Gasteiger partial charge is 0.392 e. The topological polar surface area (TPSA) is 77.7 Å². The lowest BCUT2D eigenvalue weighted by Crippen LogP contribution is -2.44. The van der Waals surface area contributed by atoms with Crippen LogP contribution in [0.15, 0.2) is 0 Å². The first-order valence-corrected chi connectivity index (χ1v) is 9.92. The molecule has 0 bridgehead atoms. The summed E-state index contributed by atoms with van der Waals surface area (Å²) >= 11 is 0. The van der Waals surface area contributed by atoms with Crippen molar-refractivity contribution in [3.63, 3.8) is 0 Å². The third-order valence-electron chi connectivity index (χ3n) is 6.02. The van der Waals surface area contributed by atoms with Gasteiger partial charge in [-0.25, -0.2) is 0 Å². The molecule has 1 aromatic rings. The minimum absolute atomic E-state index is 0.116. The second-order valence-corrected chi connectivity index (χ2v) is 7.98. The van der Waals surface area contributed by atoms with Crippen LogP contribution in [0.2, 0.25) is 0 Å². The van der Waals surface area contributed by atoms with Gasteiger partial charge < -0.3 is 14.6 Å². The first kappa shape index (κ1) is 17.9. The first-order chi connectivity index (χ1) is 12.6. The van der Waals surface area contributed by atoms with Crippen LogP contribution in [0, 0.1) is 0 Å². The van der Waals surface area contributed by atoms with Gasteiger partial charge >= 0.3 is 0 Å². The molecule has 0 saturated carbocycles. The number of aliphatic hydroxyl groups excluding tert-OH is 1. The Morgan fingerprint density at radius 1 is 1.12 bits per heavy atom. The number of rotatable bonds is 3. The molecule has 4 rings (SSSR count). The lowest BCUT2D eigenvalue weighted by Gasteiger charge is -2.31. The molecule has 1 N–H and O–H groups in total. The highest BCUT2D eigenvalue weighted by Crippen LogP contribution is 2.30. The van der Waals surface area contributed by atoms with E-state index in [-0.39, 0.29) is 18.1 Å². The van der Waals surface area contributed by atoms with Crippen molar-refractivity contribution in [3.05, 3.63) is 11.6 Å². The quantitative estimate of drug-likeness (QED) is 0.830. The molecule has 144 valence electrons. The number of hydrogen-bond acceptors (Lipinski definition) is 6. The zero-order valence-corrected chi connectivity index (χ0v) is 15.7. The molecule has 8 nitrogen and oxygen atoms in total. The maximum atomic E-state index is 12.7. The smallest absolute Gasteiger partial charge is 0.237 e. The molecule has 26 heavy (non-hydrogen) atoms. The summed E-state index contributed by atoms with van der Waals surface area (Å²) in [5.74, 6) is 2.00. The second-order valence-electron chi connectivity index (χ2n) is 7.98. The second kappa shape index (κ2) is 7.62. The third-order valence-corrected chi connectivity index (χ3v) is 6.02. The van der Waals surface area contributed by atoms with Gasteiger partial charge in [-0.1, -0.05) is 12.8 Å². The molecule has 2 atom stereocenters. The average molecular weight is 362 g/mol. The van der Waals surface area contributed by atoms with Gasteiger partial charge in [-0.3, -0.25) is 14.6 Å². The van der Waals surface area contributed by atoms with Crippen LogP contribution in [0.3, 0.4) is 0 Å². The number of likely N-dealkylation sites (tertiary alicyclic amines) is 2. The van der Waals surface area contributed by atoms with E-state index < -0.39 is 0 Å². The number of fused-ring (bicyclic) bond motifs is 1. The van der Waals surface area contributed by atoms with Gasteiger partial charge in [0.2, 0.25) is 5.91 Å². The highest BCUT2D eigenvalue weighted by atomic mass is 16.3. The minimum atomic E-state index is -0.298. The lowest BCUT2D eigenvalue weighted by atomic mass is 10.2. The standard InChI is InChI=1S/C18H30N6O2/c1-21-11-14(25)10-15(21)18-20-19-16-12-23(8-9-24(16)18)17(26)13-22-6-4-2-3-5-7-22/h14-15,25H,2-13H2,1H3/t14-,15+/m1/s1. The maximum Gasteiger partial charge on any atom is 0.237 e. The first-order valence-electron chi connectivity index (χ1n) is 9.92. The Kier molecular flexibility index (Phi) is 5.24. The van der Waals surface area contributed by atoms with Crippen molar-refractivity contribution in [3.8, 4) is 0 Å². The van der Waals surface area contributed by atoms with Crippen LogP contribution in [-0.4, -0.2) is 86.4 Å². The van der Waals surface area contributed by atoms with Crippen molar-refractivity contribution >= 4 is 5.91 Å². The molecule has 2 saturated heterocycles. The molecular formula is C18H30N6O2. The van der Waals surface area contributed by atoms with Crippen molar-refractivity contribution in [2.24, 2.45) is 0 Å². The molecule has 1 aromatic heterocycles. The van der Waals surface area contributed by atoms with E-state index in [0.717, 1.165) is 31.3 Å². The van der Waals surface area contributed by atoms with Crippen molar-refractivity contribution in [1.29, 1.82) is 0 Å². The SMILES string of the molecule is CN1C[C@H](O)C[C@H]1c1nnc2n1CCN(C(=O)CN1CCCCCC1)C2. The monoisotopic (exact) mass is 362 g/mol. The van der Waals surface area contributed by atoms with E-state index >= 15 is 0 Å². The van der Waals surface area contributed by atoms with Crippen molar-refractivity contribution < 1.29 is 9.90 Å². The number of nitrogens with zero attached hydrogens (tertiary/aromatic N) is 6. The Labute approximate surface area is 154 Å². The lowest BCUT2D eigenvalue weighted by molar-refractivity contribution is -0.134. The normalized spacial score (nSPS) is 28.2. The summed E-state index contributed by atoms with van der Waals surface area (Å²) in [7, 11) is 2.02. The van der Waals surface area contributed by atoms with E-state index in [9.17, 15) is 9.90 Å². The van der Waals surface area contributed by atoms with Crippen molar-refractivity contribution in [2.75, 3.05) is 39.8 Å². The van der Waals surface area contributed by atoms with Crippen LogP contribution >= 0.6 is 0 Å². The summed E-state index contributed by atoms with van der Waals surface area (Å²) in [6, 6.07) is 0.116. The molecule has 0 aliphatic carbocycles. The maximum absolute atomic E-state index is 12.7. The molecule has 8 heteroatoms. The molecule has 2 fully saturated rings. The number of likely N-dealkylation sites (N-methyl/N-ethyl adjacent to an activating group) is 1. The summed E-state index contributed by atoms with van der Waals surface area (Å²) in [4.78, 5) is 19.1. The number of aromatic nitrogens is 3. The molecular weight excluding hydrogens is 332 g/mol. The molecule has 0 aromatic carbocycles. The summed E-state index contributed by atoms with van der Waals surface area (Å²) in [6.45, 7) is 5.27. The van der Waals surface area contributed by atoms with Gasteiger partial charge in [-0.2, -0.15) is 0 Å². The number of β-amino-alcohol motifs (C(OH)–C–C–N with tert-alkyl or cyclic N) is 1. The summed E-state index contributed by atoms with van der Waals surface area (Å²) in [5, 5.41) is 18.7. The number of carbonyl (C=O) groups excluding carboxylic acids is 1.